The molecule has 2 unspecified atom stereocenters. The number of aliphatic hydroxyl groups excluding tert-OH is 2. The van der Waals surface area contributed by atoms with Crippen molar-refractivity contribution in [3.63, 3.8) is 0 Å². The van der Waals surface area contributed by atoms with Crippen molar-refractivity contribution in [3.05, 3.63) is 21.9 Å². The van der Waals surface area contributed by atoms with Crippen LogP contribution < -0.4 is 0 Å². The molecule has 0 aliphatic rings. The highest BCUT2D eigenvalue weighted by Gasteiger charge is 2.28. The van der Waals surface area contributed by atoms with E-state index >= 15 is 0 Å². The van der Waals surface area contributed by atoms with Gasteiger partial charge < -0.3 is 15.1 Å². The first kappa shape index (κ1) is 24.7. The number of hydrogen-bond donors (Lipinski definition) is 2. The smallest absolute Gasteiger partial charge is 0.219 e. The number of amides is 1. The van der Waals surface area contributed by atoms with E-state index in [0.29, 0.717) is 6.54 Å². The van der Waals surface area contributed by atoms with Crippen LogP contribution in [0.25, 0.3) is 0 Å². The van der Waals surface area contributed by atoms with Gasteiger partial charge in [-0.2, -0.15) is 0 Å². The van der Waals surface area contributed by atoms with Crippen molar-refractivity contribution in [1.29, 1.82) is 0 Å². The van der Waals surface area contributed by atoms with Gasteiger partial charge in [-0.3, -0.25) is 4.79 Å². The maximum absolute atomic E-state index is 11.7. The third kappa shape index (κ3) is 8.77. The molecular weight excluding hydrogens is 370 g/mol. The predicted molar refractivity (Wildman–Crippen MR) is 117 cm³/mol. The van der Waals surface area contributed by atoms with Gasteiger partial charge in [0.15, 0.2) is 0 Å². The molecule has 0 aliphatic carbocycles. The Bertz CT molecular complexity index is 617. The van der Waals surface area contributed by atoms with Crippen molar-refractivity contribution < 1.29 is 15.0 Å². The molecule has 0 aliphatic heterocycles. The van der Waals surface area contributed by atoms with Gasteiger partial charge in [-0.1, -0.05) is 63.7 Å². The number of carbonyl (C=O) groups is 1. The van der Waals surface area contributed by atoms with Crippen LogP contribution in [0.15, 0.2) is 12.1 Å². The van der Waals surface area contributed by atoms with Gasteiger partial charge in [-0.05, 0) is 25.5 Å². The normalized spacial score (nSPS) is 12.9. The van der Waals surface area contributed by atoms with Gasteiger partial charge in [0.1, 0.15) is 6.10 Å². The van der Waals surface area contributed by atoms with Gasteiger partial charge in [0, 0.05) is 24.8 Å². The molecule has 158 valence electrons. The van der Waals surface area contributed by atoms with Crippen molar-refractivity contribution in [2.75, 3.05) is 13.2 Å². The molecule has 0 fully saturated rings. The molecule has 2 N–H and O–H groups in total. The summed E-state index contributed by atoms with van der Waals surface area (Å²) in [5, 5.41) is 20.2. The van der Waals surface area contributed by atoms with E-state index in [-0.39, 0.29) is 12.5 Å². The number of nitrogens with zero attached hydrogens (tertiary/aromatic N) is 1. The molecule has 2 atom stereocenters. The lowest BCUT2D eigenvalue weighted by Crippen LogP contribution is -2.44. The summed E-state index contributed by atoms with van der Waals surface area (Å²) >= 11 is 1.43. The van der Waals surface area contributed by atoms with E-state index in [0.717, 1.165) is 22.6 Å². The molecule has 0 radical (unpaired) electrons. The van der Waals surface area contributed by atoms with Crippen molar-refractivity contribution in [2.24, 2.45) is 0 Å². The molecule has 0 spiro atoms. The number of aliphatic hydroxyl groups is 2. The lowest BCUT2D eigenvalue weighted by molar-refractivity contribution is -0.135. The van der Waals surface area contributed by atoms with Crippen molar-refractivity contribution in [3.8, 4) is 11.8 Å². The Hall–Kier alpha value is -1.35. The molecule has 4 nitrogen and oxygen atoms in total. The van der Waals surface area contributed by atoms with Crippen LogP contribution in [0, 0.1) is 11.8 Å². The van der Waals surface area contributed by atoms with Crippen LogP contribution in [-0.2, 0) is 4.79 Å². The zero-order chi connectivity index (χ0) is 20.8. The minimum Gasteiger partial charge on any atom is -0.394 e. The molecule has 0 bridgehead atoms. The minimum absolute atomic E-state index is 0.150. The summed E-state index contributed by atoms with van der Waals surface area (Å²) in [5.41, 5.74) is 0. The molecule has 1 amide bonds. The zero-order valence-electron chi connectivity index (χ0n) is 17.7. The van der Waals surface area contributed by atoms with Gasteiger partial charge >= 0.3 is 0 Å². The minimum atomic E-state index is -0.901. The Morgan fingerprint density at radius 3 is 2.32 bits per heavy atom. The lowest BCUT2D eigenvalue weighted by Gasteiger charge is -2.31. The van der Waals surface area contributed by atoms with Crippen molar-refractivity contribution in [1.82, 2.24) is 4.90 Å². The number of carbonyl (C=O) groups excluding carboxylic acids is 1. The van der Waals surface area contributed by atoms with Crippen LogP contribution in [0.3, 0.4) is 0 Å². The summed E-state index contributed by atoms with van der Waals surface area (Å²) in [7, 11) is 0. The number of likely N-dealkylation sites (N-methyl/N-ethyl adjacent to an activating group) is 1. The highest BCUT2D eigenvalue weighted by Crippen LogP contribution is 2.27. The van der Waals surface area contributed by atoms with Crippen LogP contribution >= 0.6 is 11.3 Å². The van der Waals surface area contributed by atoms with Gasteiger partial charge in [0.2, 0.25) is 5.91 Å². The molecule has 28 heavy (non-hydrogen) atoms. The van der Waals surface area contributed by atoms with E-state index in [4.69, 9.17) is 0 Å². The summed E-state index contributed by atoms with van der Waals surface area (Å²) in [6, 6.07) is 3.12. The highest BCUT2D eigenvalue weighted by atomic mass is 32.1. The first-order valence-corrected chi connectivity index (χ1v) is 11.5. The Labute approximate surface area is 175 Å². The van der Waals surface area contributed by atoms with E-state index in [9.17, 15) is 15.0 Å². The standard InChI is InChI=1S/C23H37NO3S/c1-4-6-7-8-9-10-11-12-13-14-15-20-16-17-22(28-20)23(27)21(18-25)24(5-2)19(3)26/h16-17,21,23,25,27H,4-13,18H2,1-3H3. The Morgan fingerprint density at radius 1 is 1.11 bits per heavy atom. The molecule has 1 aromatic rings. The van der Waals surface area contributed by atoms with Crippen molar-refractivity contribution >= 4 is 17.2 Å². The molecule has 0 saturated carbocycles. The molecule has 1 aromatic heterocycles. The van der Waals surface area contributed by atoms with Crippen LogP contribution in [0.2, 0.25) is 0 Å². The summed E-state index contributed by atoms with van der Waals surface area (Å²) in [6.07, 6.45) is 10.4. The van der Waals surface area contributed by atoms with Gasteiger partial charge in [-0.15, -0.1) is 11.3 Å². The van der Waals surface area contributed by atoms with E-state index in [1.807, 2.05) is 19.1 Å². The Kier molecular flexibility index (Phi) is 12.9. The fourth-order valence-electron chi connectivity index (χ4n) is 3.33. The topological polar surface area (TPSA) is 60.8 Å². The first-order chi connectivity index (χ1) is 13.5. The maximum atomic E-state index is 11.7. The van der Waals surface area contributed by atoms with Crippen molar-refractivity contribution in [2.45, 2.75) is 90.7 Å². The third-order valence-corrected chi connectivity index (χ3v) is 6.05. The Morgan fingerprint density at radius 2 is 1.75 bits per heavy atom. The number of unbranched alkanes of at least 4 members (excludes halogenated alkanes) is 8. The largest absolute Gasteiger partial charge is 0.394 e. The summed E-state index contributed by atoms with van der Waals surface area (Å²) in [6.45, 7) is 5.72. The average Bonchev–Trinajstić information content (AvgIpc) is 3.15. The second-order valence-corrected chi connectivity index (χ2v) is 8.34. The Balaban J connectivity index is 2.43. The average molecular weight is 408 g/mol. The lowest BCUT2D eigenvalue weighted by atomic mass is 10.1. The maximum Gasteiger partial charge on any atom is 0.219 e. The zero-order valence-corrected chi connectivity index (χ0v) is 18.6. The second-order valence-electron chi connectivity index (χ2n) is 7.23. The molecule has 1 rings (SSSR count). The fourth-order valence-corrected chi connectivity index (χ4v) is 4.25. The van der Waals surface area contributed by atoms with E-state index in [1.54, 1.807) is 0 Å². The molecule has 0 saturated heterocycles. The molecule has 1 heterocycles. The number of thiophene rings is 1. The third-order valence-electron chi connectivity index (χ3n) is 4.98. The summed E-state index contributed by atoms with van der Waals surface area (Å²) in [4.78, 5) is 14.9. The predicted octanol–water partition coefficient (Wildman–Crippen LogP) is 4.89. The summed E-state index contributed by atoms with van der Waals surface area (Å²) < 4.78 is 0. The first-order valence-electron chi connectivity index (χ1n) is 10.7. The van der Waals surface area contributed by atoms with E-state index < -0.39 is 12.1 Å². The van der Waals surface area contributed by atoms with Gasteiger partial charge in [0.05, 0.1) is 17.5 Å². The molecule has 0 aromatic carbocycles. The van der Waals surface area contributed by atoms with Crippen LogP contribution in [0.4, 0.5) is 0 Å². The fraction of sp³-hybridized carbons (Fsp3) is 0.696. The molecule has 5 heteroatoms. The summed E-state index contributed by atoms with van der Waals surface area (Å²) in [5.74, 6) is 6.25. The number of hydrogen-bond acceptors (Lipinski definition) is 4. The van der Waals surface area contributed by atoms with E-state index in [2.05, 4.69) is 18.8 Å². The van der Waals surface area contributed by atoms with Gasteiger partial charge in [0.25, 0.3) is 0 Å². The SMILES string of the molecule is CCCCCCCCCCC#Cc1ccc(C(O)C(CO)N(CC)C(C)=O)s1. The second kappa shape index (κ2) is 14.6. The number of rotatable bonds is 13. The quantitative estimate of drug-likeness (QED) is 0.361. The van der Waals surface area contributed by atoms with Crippen LogP contribution in [0.5, 0.6) is 0 Å². The van der Waals surface area contributed by atoms with Crippen LogP contribution in [-0.4, -0.2) is 40.2 Å². The highest BCUT2D eigenvalue weighted by molar-refractivity contribution is 7.12. The van der Waals surface area contributed by atoms with E-state index in [1.165, 1.54) is 68.1 Å². The monoisotopic (exact) mass is 407 g/mol. The molecular formula is C23H37NO3S. The van der Waals surface area contributed by atoms with Gasteiger partial charge in [-0.25, -0.2) is 0 Å². The van der Waals surface area contributed by atoms with Crippen LogP contribution in [0.1, 0.15) is 94.4 Å².